The van der Waals surface area contributed by atoms with Gasteiger partial charge in [0.05, 0.1) is 25.6 Å². The normalized spacial score (nSPS) is 11.6. The van der Waals surface area contributed by atoms with Gasteiger partial charge in [-0.25, -0.2) is 4.98 Å². The molecule has 0 radical (unpaired) electrons. The van der Waals surface area contributed by atoms with Gasteiger partial charge in [-0.15, -0.1) is 0 Å². The lowest BCUT2D eigenvalue weighted by atomic mass is 10.0. The highest BCUT2D eigenvalue weighted by Crippen LogP contribution is 2.42. The quantitative estimate of drug-likeness (QED) is 0.143. The summed E-state index contributed by atoms with van der Waals surface area (Å²) in [6.45, 7) is 0.575. The van der Waals surface area contributed by atoms with Crippen molar-refractivity contribution in [2.45, 2.75) is 13.0 Å². The molecule has 0 fully saturated rings. The number of methoxy groups -OCH3 is 2. The van der Waals surface area contributed by atoms with E-state index in [9.17, 15) is 0 Å². The van der Waals surface area contributed by atoms with Gasteiger partial charge in [0.2, 0.25) is 0 Å². The number of nitrogens with one attached hydrogen (secondary N) is 1. The number of benzene rings is 5. The molecule has 1 aromatic heterocycles. The van der Waals surface area contributed by atoms with Crippen LogP contribution in [0.5, 0.6) is 11.5 Å². The molecule has 5 aromatic carbocycles. The van der Waals surface area contributed by atoms with Crippen LogP contribution in [-0.2, 0) is 13.0 Å². The van der Waals surface area contributed by atoms with E-state index in [-0.39, 0.29) is 5.84 Å². The Morgan fingerprint density at radius 2 is 1.34 bits per heavy atom. The molecule has 6 heteroatoms. The lowest BCUT2D eigenvalue weighted by Crippen LogP contribution is -2.11. The largest absolute Gasteiger partial charge is 0.497 e. The Labute approximate surface area is 256 Å². The summed E-state index contributed by atoms with van der Waals surface area (Å²) in [4.78, 5) is 5.39. The molecule has 0 saturated heterocycles. The average molecular weight is 577 g/mol. The van der Waals surface area contributed by atoms with Gasteiger partial charge in [0, 0.05) is 28.8 Å². The first-order valence-electron chi connectivity index (χ1n) is 14.6. The monoisotopic (exact) mass is 576 g/mol. The lowest BCUT2D eigenvalue weighted by molar-refractivity contribution is 0.414. The van der Waals surface area contributed by atoms with Crippen molar-refractivity contribution in [3.63, 3.8) is 0 Å². The van der Waals surface area contributed by atoms with Crippen LogP contribution >= 0.6 is 0 Å². The van der Waals surface area contributed by atoms with Crippen LogP contribution in [-0.4, -0.2) is 29.6 Å². The topological polar surface area (TPSA) is 86.2 Å². The molecule has 3 N–H and O–H groups in total. The van der Waals surface area contributed by atoms with Crippen molar-refractivity contribution in [3.8, 4) is 56.5 Å². The van der Waals surface area contributed by atoms with E-state index in [1.54, 1.807) is 14.2 Å². The number of nitrogen functional groups attached to an aromatic ring is 1. The van der Waals surface area contributed by atoms with E-state index in [1.807, 2.05) is 48.5 Å². The van der Waals surface area contributed by atoms with Gasteiger partial charge in [0.1, 0.15) is 23.2 Å². The maximum Gasteiger partial charge on any atom is 0.141 e. The predicted molar refractivity (Wildman–Crippen MR) is 176 cm³/mol. The number of amidine groups is 1. The number of rotatable bonds is 8. The van der Waals surface area contributed by atoms with Crippen molar-refractivity contribution in [3.05, 3.63) is 138 Å². The highest BCUT2D eigenvalue weighted by Gasteiger charge is 2.24. The van der Waals surface area contributed by atoms with Gasteiger partial charge in [-0.2, -0.15) is 0 Å². The Morgan fingerprint density at radius 1 is 0.727 bits per heavy atom. The third kappa shape index (κ3) is 4.90. The highest BCUT2D eigenvalue weighted by molar-refractivity contribution is 5.95. The van der Waals surface area contributed by atoms with Gasteiger partial charge in [-0.05, 0) is 88.8 Å². The van der Waals surface area contributed by atoms with Crippen LogP contribution in [0.15, 0.2) is 115 Å². The molecule has 1 heterocycles. The van der Waals surface area contributed by atoms with Gasteiger partial charge < -0.3 is 19.8 Å². The second kappa shape index (κ2) is 11.2. The first-order valence-corrected chi connectivity index (χ1v) is 14.6. The van der Waals surface area contributed by atoms with Gasteiger partial charge in [0.25, 0.3) is 0 Å². The summed E-state index contributed by atoms with van der Waals surface area (Å²) in [5, 5.41) is 7.84. The third-order valence-corrected chi connectivity index (χ3v) is 8.36. The van der Waals surface area contributed by atoms with Crippen LogP contribution in [0.2, 0.25) is 0 Å². The molecule has 6 aromatic rings. The van der Waals surface area contributed by atoms with Crippen LogP contribution < -0.4 is 15.2 Å². The summed E-state index contributed by atoms with van der Waals surface area (Å²) in [5.74, 6) is 2.52. The van der Waals surface area contributed by atoms with Crippen LogP contribution in [0, 0.1) is 5.41 Å². The first kappa shape index (κ1) is 27.2. The smallest absolute Gasteiger partial charge is 0.141 e. The van der Waals surface area contributed by atoms with Gasteiger partial charge >= 0.3 is 0 Å². The minimum atomic E-state index is 0.0546. The number of fused-ring (bicyclic) bond motifs is 3. The standard InChI is InChI=1S/C38H32N4O2/c1-43-31-17-13-25(14-18-31)35-36(26-15-19-32(44-2)20-16-26)42(23-24-7-9-27(10-8-24)37(39)40)38(41-35)30-12-11-29-21-28-5-3-4-6-33(28)34(29)22-30/h3-20,22H,21,23H2,1-2H3,(H3,39,40). The average Bonchev–Trinajstić information content (AvgIpc) is 3.63. The Kier molecular flexibility index (Phi) is 6.95. The zero-order valence-corrected chi connectivity index (χ0v) is 24.7. The first-order chi connectivity index (χ1) is 21.5. The molecule has 0 saturated carbocycles. The summed E-state index contributed by atoms with van der Waals surface area (Å²) < 4.78 is 13.2. The van der Waals surface area contributed by atoms with Gasteiger partial charge in [-0.3, -0.25) is 5.41 Å². The molecule has 6 nitrogen and oxygen atoms in total. The predicted octanol–water partition coefficient (Wildman–Crippen LogP) is 7.80. The zero-order chi connectivity index (χ0) is 30.2. The summed E-state index contributed by atoms with van der Waals surface area (Å²) in [6.07, 6.45) is 0.941. The van der Waals surface area contributed by atoms with E-state index >= 15 is 0 Å². The van der Waals surface area contributed by atoms with Crippen molar-refractivity contribution in [1.82, 2.24) is 9.55 Å². The van der Waals surface area contributed by atoms with E-state index in [0.717, 1.165) is 57.4 Å². The number of nitrogens with zero attached hydrogens (tertiary/aromatic N) is 2. The number of hydrogen-bond donors (Lipinski definition) is 2. The Morgan fingerprint density at radius 3 is 2.00 bits per heavy atom. The van der Waals surface area contributed by atoms with E-state index in [2.05, 4.69) is 71.3 Å². The van der Waals surface area contributed by atoms with Crippen molar-refractivity contribution in [2.24, 2.45) is 5.73 Å². The number of imidazole rings is 1. The maximum absolute atomic E-state index is 7.84. The maximum atomic E-state index is 7.84. The lowest BCUT2D eigenvalue weighted by Gasteiger charge is -2.15. The van der Waals surface area contributed by atoms with E-state index in [4.69, 9.17) is 25.6 Å². The molecular formula is C38H32N4O2. The second-order valence-corrected chi connectivity index (χ2v) is 11.0. The van der Waals surface area contributed by atoms with E-state index < -0.39 is 0 Å². The zero-order valence-electron chi connectivity index (χ0n) is 24.7. The molecule has 1 aliphatic carbocycles. The number of nitrogens with two attached hydrogens (primary N) is 1. The van der Waals surface area contributed by atoms with Gasteiger partial charge in [-0.1, -0.05) is 60.7 Å². The van der Waals surface area contributed by atoms with Crippen molar-refractivity contribution in [2.75, 3.05) is 14.2 Å². The summed E-state index contributed by atoms with van der Waals surface area (Å²) in [6, 6.07) is 39.4. The number of hydrogen-bond acceptors (Lipinski definition) is 4. The Bertz CT molecular complexity index is 1990. The summed E-state index contributed by atoms with van der Waals surface area (Å²) >= 11 is 0. The molecule has 0 spiro atoms. The van der Waals surface area contributed by atoms with Crippen LogP contribution in [0.3, 0.4) is 0 Å². The molecule has 0 unspecified atom stereocenters. The molecule has 1 aliphatic rings. The minimum Gasteiger partial charge on any atom is -0.497 e. The van der Waals surface area contributed by atoms with Crippen LogP contribution in [0.4, 0.5) is 0 Å². The minimum absolute atomic E-state index is 0.0546. The second-order valence-electron chi connectivity index (χ2n) is 11.0. The van der Waals surface area contributed by atoms with Crippen LogP contribution in [0.1, 0.15) is 22.3 Å². The molecule has 44 heavy (non-hydrogen) atoms. The summed E-state index contributed by atoms with van der Waals surface area (Å²) in [7, 11) is 3.35. The SMILES string of the molecule is COc1ccc(-c2nc(-c3ccc4c(c3)-c3ccccc3C4)n(Cc3ccc(C(=N)N)cc3)c2-c2ccc(OC)cc2)cc1. The van der Waals surface area contributed by atoms with Crippen molar-refractivity contribution >= 4 is 5.84 Å². The molecule has 0 bridgehead atoms. The fraction of sp³-hybridized carbons (Fsp3) is 0.105. The molecule has 0 amide bonds. The number of aromatic nitrogens is 2. The molecular weight excluding hydrogens is 544 g/mol. The van der Waals surface area contributed by atoms with Crippen molar-refractivity contribution in [1.29, 1.82) is 5.41 Å². The highest BCUT2D eigenvalue weighted by atomic mass is 16.5. The number of ether oxygens (including phenoxy) is 2. The Balaban J connectivity index is 1.46. The van der Waals surface area contributed by atoms with E-state index in [0.29, 0.717) is 12.1 Å². The third-order valence-electron chi connectivity index (χ3n) is 8.36. The molecule has 216 valence electrons. The summed E-state index contributed by atoms with van der Waals surface area (Å²) in [5.41, 5.74) is 17.7. The molecule has 7 rings (SSSR count). The molecule has 0 atom stereocenters. The fourth-order valence-corrected chi connectivity index (χ4v) is 6.05. The fourth-order valence-electron chi connectivity index (χ4n) is 6.05. The molecule has 0 aliphatic heterocycles. The van der Waals surface area contributed by atoms with E-state index in [1.165, 1.54) is 22.3 Å². The van der Waals surface area contributed by atoms with Gasteiger partial charge in [0.15, 0.2) is 0 Å². The van der Waals surface area contributed by atoms with Crippen molar-refractivity contribution < 1.29 is 9.47 Å². The van der Waals surface area contributed by atoms with Crippen LogP contribution in [0.25, 0.3) is 45.0 Å². The Hall–Kier alpha value is -5.62.